The normalized spacial score (nSPS) is 25.3. The van der Waals surface area contributed by atoms with Crippen molar-refractivity contribution in [3.05, 3.63) is 24.0 Å². The summed E-state index contributed by atoms with van der Waals surface area (Å²) in [5, 5.41) is 3.28. The lowest BCUT2D eigenvalue weighted by Crippen LogP contribution is -2.33. The SMILES string of the molecule is c1c[nH]c(C2CNCCO2)c1. The first kappa shape index (κ1) is 6.88. The van der Waals surface area contributed by atoms with Crippen molar-refractivity contribution in [1.29, 1.82) is 0 Å². The first-order valence-electron chi connectivity index (χ1n) is 3.92. The summed E-state index contributed by atoms with van der Waals surface area (Å²) in [7, 11) is 0. The van der Waals surface area contributed by atoms with Crippen molar-refractivity contribution in [1.82, 2.24) is 10.3 Å². The summed E-state index contributed by atoms with van der Waals surface area (Å²) in [5.41, 5.74) is 1.16. The molecule has 3 nitrogen and oxygen atoms in total. The lowest BCUT2D eigenvalue weighted by Gasteiger charge is -2.22. The molecule has 0 aliphatic carbocycles. The summed E-state index contributed by atoms with van der Waals surface area (Å²) >= 11 is 0. The zero-order valence-electron chi connectivity index (χ0n) is 6.34. The van der Waals surface area contributed by atoms with Crippen LogP contribution in [0.5, 0.6) is 0 Å². The summed E-state index contributed by atoms with van der Waals surface area (Å²) < 4.78 is 5.53. The Hall–Kier alpha value is -0.800. The van der Waals surface area contributed by atoms with E-state index in [2.05, 4.69) is 16.4 Å². The van der Waals surface area contributed by atoms with E-state index in [4.69, 9.17) is 4.74 Å². The predicted octanol–water partition coefficient (Wildman–Crippen LogP) is 0.676. The van der Waals surface area contributed by atoms with Crippen LogP contribution >= 0.6 is 0 Å². The largest absolute Gasteiger partial charge is 0.369 e. The van der Waals surface area contributed by atoms with Crippen molar-refractivity contribution in [3.63, 3.8) is 0 Å². The molecule has 0 saturated carbocycles. The summed E-state index contributed by atoms with van der Waals surface area (Å²) in [6.07, 6.45) is 2.14. The molecular weight excluding hydrogens is 140 g/mol. The van der Waals surface area contributed by atoms with E-state index < -0.39 is 0 Å². The van der Waals surface area contributed by atoms with Crippen molar-refractivity contribution < 1.29 is 4.74 Å². The number of H-pyrrole nitrogens is 1. The van der Waals surface area contributed by atoms with Gasteiger partial charge >= 0.3 is 0 Å². The van der Waals surface area contributed by atoms with E-state index in [0.29, 0.717) is 0 Å². The quantitative estimate of drug-likeness (QED) is 0.620. The number of aromatic amines is 1. The van der Waals surface area contributed by atoms with Crippen molar-refractivity contribution >= 4 is 0 Å². The molecule has 1 unspecified atom stereocenters. The number of ether oxygens (including phenoxy) is 1. The minimum Gasteiger partial charge on any atom is -0.369 e. The molecule has 11 heavy (non-hydrogen) atoms. The van der Waals surface area contributed by atoms with Gasteiger partial charge in [-0.1, -0.05) is 0 Å². The summed E-state index contributed by atoms with van der Waals surface area (Å²) in [5.74, 6) is 0. The molecule has 1 aromatic rings. The molecule has 0 radical (unpaired) electrons. The lowest BCUT2D eigenvalue weighted by molar-refractivity contribution is 0.0253. The van der Waals surface area contributed by atoms with Crippen LogP contribution in [0.15, 0.2) is 18.3 Å². The first-order valence-corrected chi connectivity index (χ1v) is 3.92. The van der Waals surface area contributed by atoms with Gasteiger partial charge < -0.3 is 15.0 Å². The van der Waals surface area contributed by atoms with Crippen molar-refractivity contribution in [3.8, 4) is 0 Å². The van der Waals surface area contributed by atoms with Gasteiger partial charge in [0.2, 0.25) is 0 Å². The molecule has 2 N–H and O–H groups in total. The van der Waals surface area contributed by atoms with Gasteiger partial charge in [-0.2, -0.15) is 0 Å². The highest BCUT2D eigenvalue weighted by Crippen LogP contribution is 2.15. The molecule has 0 aromatic carbocycles. The smallest absolute Gasteiger partial charge is 0.110 e. The van der Waals surface area contributed by atoms with E-state index in [0.717, 1.165) is 25.4 Å². The molecule has 0 bridgehead atoms. The molecule has 2 rings (SSSR count). The zero-order chi connectivity index (χ0) is 7.52. The minimum absolute atomic E-state index is 0.221. The van der Waals surface area contributed by atoms with Crippen LogP contribution in [0.2, 0.25) is 0 Å². The van der Waals surface area contributed by atoms with Gasteiger partial charge in [0.1, 0.15) is 6.10 Å². The molecule has 1 saturated heterocycles. The predicted molar refractivity (Wildman–Crippen MR) is 42.4 cm³/mol. The Balaban J connectivity index is 2.04. The molecule has 1 aromatic heterocycles. The average Bonchev–Trinajstić information content (AvgIpc) is 2.58. The highest BCUT2D eigenvalue weighted by molar-refractivity contribution is 5.08. The molecule has 1 atom stereocenters. The Morgan fingerprint density at radius 2 is 2.55 bits per heavy atom. The highest BCUT2D eigenvalue weighted by atomic mass is 16.5. The topological polar surface area (TPSA) is 37.0 Å². The maximum atomic E-state index is 5.53. The Labute approximate surface area is 65.8 Å². The number of hydrogen-bond acceptors (Lipinski definition) is 2. The Kier molecular flexibility index (Phi) is 1.92. The second kappa shape index (κ2) is 3.07. The lowest BCUT2D eigenvalue weighted by atomic mass is 10.2. The third-order valence-corrected chi connectivity index (χ3v) is 1.90. The van der Waals surface area contributed by atoms with Crippen LogP contribution in [0.1, 0.15) is 11.8 Å². The standard InChI is InChI=1S/C8H12N2O/c1-2-7(10-3-1)8-6-9-4-5-11-8/h1-3,8-10H,4-6H2. The Morgan fingerprint density at radius 1 is 1.55 bits per heavy atom. The molecule has 0 amide bonds. The molecule has 1 fully saturated rings. The van der Waals surface area contributed by atoms with Crippen LogP contribution in [-0.4, -0.2) is 24.7 Å². The summed E-state index contributed by atoms with van der Waals surface area (Å²) in [6.45, 7) is 2.70. The van der Waals surface area contributed by atoms with Crippen LogP contribution in [0, 0.1) is 0 Å². The maximum absolute atomic E-state index is 5.53. The molecule has 1 aliphatic heterocycles. The van der Waals surface area contributed by atoms with Gasteiger partial charge in [-0.05, 0) is 12.1 Å². The average molecular weight is 152 g/mol. The maximum Gasteiger partial charge on any atom is 0.110 e. The Bertz CT molecular complexity index is 202. The number of morpholine rings is 1. The van der Waals surface area contributed by atoms with Crippen molar-refractivity contribution in [2.75, 3.05) is 19.7 Å². The molecule has 60 valence electrons. The van der Waals surface area contributed by atoms with Crippen LogP contribution in [0.3, 0.4) is 0 Å². The third kappa shape index (κ3) is 1.44. The minimum atomic E-state index is 0.221. The summed E-state index contributed by atoms with van der Waals surface area (Å²) in [6, 6.07) is 4.05. The van der Waals surface area contributed by atoms with Crippen LogP contribution in [0.25, 0.3) is 0 Å². The third-order valence-electron chi connectivity index (χ3n) is 1.90. The zero-order valence-corrected chi connectivity index (χ0v) is 6.34. The number of aromatic nitrogens is 1. The Morgan fingerprint density at radius 3 is 3.18 bits per heavy atom. The molecule has 2 heterocycles. The second-order valence-electron chi connectivity index (χ2n) is 2.69. The van der Waals surface area contributed by atoms with Gasteiger partial charge in [0.05, 0.1) is 6.61 Å². The highest BCUT2D eigenvalue weighted by Gasteiger charge is 2.15. The molecule has 0 spiro atoms. The fourth-order valence-electron chi connectivity index (χ4n) is 1.31. The van der Waals surface area contributed by atoms with Crippen LogP contribution < -0.4 is 5.32 Å². The number of nitrogens with one attached hydrogen (secondary N) is 2. The van der Waals surface area contributed by atoms with E-state index >= 15 is 0 Å². The first-order chi connectivity index (χ1) is 5.47. The van der Waals surface area contributed by atoms with Crippen molar-refractivity contribution in [2.24, 2.45) is 0 Å². The van der Waals surface area contributed by atoms with Gasteiger partial charge in [0, 0.05) is 25.0 Å². The van der Waals surface area contributed by atoms with E-state index in [1.807, 2.05) is 12.3 Å². The fraction of sp³-hybridized carbons (Fsp3) is 0.500. The second-order valence-corrected chi connectivity index (χ2v) is 2.69. The number of rotatable bonds is 1. The van der Waals surface area contributed by atoms with Gasteiger partial charge in [-0.3, -0.25) is 0 Å². The fourth-order valence-corrected chi connectivity index (χ4v) is 1.31. The van der Waals surface area contributed by atoms with E-state index in [1.54, 1.807) is 0 Å². The molecular formula is C8H12N2O. The monoisotopic (exact) mass is 152 g/mol. The van der Waals surface area contributed by atoms with Crippen LogP contribution in [-0.2, 0) is 4.74 Å². The van der Waals surface area contributed by atoms with Gasteiger partial charge in [0.25, 0.3) is 0 Å². The summed E-state index contributed by atoms with van der Waals surface area (Å²) in [4.78, 5) is 3.14. The van der Waals surface area contributed by atoms with Gasteiger partial charge in [0.15, 0.2) is 0 Å². The van der Waals surface area contributed by atoms with E-state index in [-0.39, 0.29) is 6.10 Å². The van der Waals surface area contributed by atoms with E-state index in [9.17, 15) is 0 Å². The van der Waals surface area contributed by atoms with Gasteiger partial charge in [-0.25, -0.2) is 0 Å². The molecule has 3 heteroatoms. The van der Waals surface area contributed by atoms with Crippen LogP contribution in [0.4, 0.5) is 0 Å². The molecule has 1 aliphatic rings. The van der Waals surface area contributed by atoms with Crippen molar-refractivity contribution in [2.45, 2.75) is 6.10 Å². The number of hydrogen-bond donors (Lipinski definition) is 2. The van der Waals surface area contributed by atoms with Gasteiger partial charge in [-0.15, -0.1) is 0 Å². The van der Waals surface area contributed by atoms with E-state index in [1.165, 1.54) is 0 Å².